The van der Waals surface area contributed by atoms with Crippen LogP contribution in [-0.2, 0) is 4.74 Å². The van der Waals surface area contributed by atoms with Crippen LogP contribution in [0.1, 0.15) is 17.4 Å². The highest BCUT2D eigenvalue weighted by molar-refractivity contribution is 6.18. The van der Waals surface area contributed by atoms with E-state index in [4.69, 9.17) is 16.3 Å². The standard InChI is InChI=1S/C10H13ClN2O3/c1-7-6-15-8(4-11)5-13(7)10(14)9-2-3-16-12-9/h2-3,7-8H,4-6H2,1H3. The number of nitrogens with zero attached hydrogens (tertiary/aromatic N) is 2. The molecule has 1 fully saturated rings. The lowest BCUT2D eigenvalue weighted by molar-refractivity contribution is -0.0374. The van der Waals surface area contributed by atoms with Crippen molar-refractivity contribution in [1.29, 1.82) is 0 Å². The van der Waals surface area contributed by atoms with Crippen LogP contribution in [0.3, 0.4) is 0 Å². The third-order valence-corrected chi connectivity index (χ3v) is 2.94. The van der Waals surface area contributed by atoms with E-state index in [2.05, 4.69) is 9.68 Å². The molecule has 0 saturated carbocycles. The maximum Gasteiger partial charge on any atom is 0.276 e. The highest BCUT2D eigenvalue weighted by atomic mass is 35.5. The minimum atomic E-state index is -0.139. The van der Waals surface area contributed by atoms with E-state index in [1.165, 1.54) is 6.26 Å². The van der Waals surface area contributed by atoms with E-state index in [-0.39, 0.29) is 18.1 Å². The van der Waals surface area contributed by atoms with Gasteiger partial charge in [0.05, 0.1) is 24.6 Å². The molecule has 0 aromatic carbocycles. The van der Waals surface area contributed by atoms with Crippen LogP contribution < -0.4 is 0 Å². The van der Waals surface area contributed by atoms with Gasteiger partial charge in [0.1, 0.15) is 6.26 Å². The van der Waals surface area contributed by atoms with Crippen LogP contribution >= 0.6 is 11.6 Å². The average molecular weight is 245 g/mol. The molecule has 0 spiro atoms. The minimum Gasteiger partial charge on any atom is -0.373 e. The molecule has 1 aliphatic rings. The Morgan fingerprint density at radius 3 is 3.19 bits per heavy atom. The van der Waals surface area contributed by atoms with Crippen molar-refractivity contribution in [3.8, 4) is 0 Å². The van der Waals surface area contributed by atoms with Crippen LogP contribution in [-0.4, -0.2) is 47.1 Å². The predicted molar refractivity (Wildman–Crippen MR) is 57.5 cm³/mol. The fourth-order valence-electron chi connectivity index (χ4n) is 1.66. The first-order chi connectivity index (χ1) is 7.72. The zero-order chi connectivity index (χ0) is 11.5. The zero-order valence-corrected chi connectivity index (χ0v) is 9.68. The van der Waals surface area contributed by atoms with E-state index in [1.54, 1.807) is 11.0 Å². The summed E-state index contributed by atoms with van der Waals surface area (Å²) in [6.07, 6.45) is 1.28. The lowest BCUT2D eigenvalue weighted by Crippen LogP contribution is -2.51. The van der Waals surface area contributed by atoms with Crippen molar-refractivity contribution in [3.05, 3.63) is 18.0 Å². The number of hydrogen-bond acceptors (Lipinski definition) is 4. The SMILES string of the molecule is CC1COC(CCl)CN1C(=O)c1ccon1. The molecule has 1 amide bonds. The molecule has 88 valence electrons. The molecule has 1 aromatic heterocycles. The summed E-state index contributed by atoms with van der Waals surface area (Å²) in [7, 11) is 0. The number of morpholine rings is 1. The molecule has 0 N–H and O–H groups in total. The Kier molecular flexibility index (Phi) is 3.46. The van der Waals surface area contributed by atoms with Crippen molar-refractivity contribution in [1.82, 2.24) is 10.1 Å². The first-order valence-corrected chi connectivity index (χ1v) is 5.64. The van der Waals surface area contributed by atoms with E-state index in [1.807, 2.05) is 6.92 Å². The Morgan fingerprint density at radius 1 is 1.75 bits per heavy atom. The number of hydrogen-bond donors (Lipinski definition) is 0. The summed E-state index contributed by atoms with van der Waals surface area (Å²) in [6, 6.07) is 1.59. The predicted octanol–water partition coefficient (Wildman–Crippen LogP) is 1.14. The number of amides is 1. The van der Waals surface area contributed by atoms with Crippen molar-refractivity contribution in [2.45, 2.75) is 19.1 Å². The van der Waals surface area contributed by atoms with Gasteiger partial charge in [-0.05, 0) is 6.92 Å². The second-order valence-corrected chi connectivity index (χ2v) is 4.11. The molecule has 2 rings (SSSR count). The van der Waals surface area contributed by atoms with Crippen LogP contribution in [0.5, 0.6) is 0 Å². The topological polar surface area (TPSA) is 55.6 Å². The first-order valence-electron chi connectivity index (χ1n) is 5.11. The molecular formula is C10H13ClN2O3. The average Bonchev–Trinajstić information content (AvgIpc) is 2.82. The fraction of sp³-hybridized carbons (Fsp3) is 0.600. The molecule has 0 bridgehead atoms. The molecule has 2 unspecified atom stereocenters. The van der Waals surface area contributed by atoms with Crippen molar-refractivity contribution in [2.75, 3.05) is 19.0 Å². The first kappa shape index (κ1) is 11.4. The molecule has 1 saturated heterocycles. The van der Waals surface area contributed by atoms with Gasteiger partial charge in [-0.15, -0.1) is 11.6 Å². The molecule has 0 radical (unpaired) electrons. The van der Waals surface area contributed by atoms with Crippen molar-refractivity contribution < 1.29 is 14.1 Å². The largest absolute Gasteiger partial charge is 0.373 e. The van der Waals surface area contributed by atoms with Gasteiger partial charge >= 0.3 is 0 Å². The summed E-state index contributed by atoms with van der Waals surface area (Å²) in [4.78, 5) is 13.8. The maximum absolute atomic E-state index is 12.0. The van der Waals surface area contributed by atoms with Gasteiger partial charge < -0.3 is 14.2 Å². The fourth-order valence-corrected chi connectivity index (χ4v) is 1.85. The highest BCUT2D eigenvalue weighted by Gasteiger charge is 2.30. The molecule has 2 heterocycles. The van der Waals surface area contributed by atoms with Gasteiger partial charge in [-0.3, -0.25) is 4.79 Å². The smallest absolute Gasteiger partial charge is 0.276 e. The number of alkyl halides is 1. The Labute approximate surface area is 98.3 Å². The van der Waals surface area contributed by atoms with Gasteiger partial charge in [-0.25, -0.2) is 0 Å². The van der Waals surface area contributed by atoms with E-state index in [0.29, 0.717) is 24.7 Å². The second kappa shape index (κ2) is 4.84. The number of carbonyl (C=O) groups excluding carboxylic acids is 1. The number of carbonyl (C=O) groups is 1. The lowest BCUT2D eigenvalue weighted by Gasteiger charge is -2.36. The van der Waals surface area contributed by atoms with E-state index < -0.39 is 0 Å². The Balaban J connectivity index is 2.09. The summed E-state index contributed by atoms with van der Waals surface area (Å²) < 4.78 is 10.1. The highest BCUT2D eigenvalue weighted by Crippen LogP contribution is 2.15. The maximum atomic E-state index is 12.0. The van der Waals surface area contributed by atoms with Crippen molar-refractivity contribution >= 4 is 17.5 Å². The third-order valence-electron chi connectivity index (χ3n) is 2.60. The Hall–Kier alpha value is -1.07. The van der Waals surface area contributed by atoms with Crippen LogP contribution in [0, 0.1) is 0 Å². The molecule has 2 atom stereocenters. The number of aromatic nitrogens is 1. The summed E-state index contributed by atoms with van der Waals surface area (Å²) in [5.41, 5.74) is 0.321. The van der Waals surface area contributed by atoms with Crippen LogP contribution in [0.25, 0.3) is 0 Å². The van der Waals surface area contributed by atoms with Gasteiger partial charge in [0.25, 0.3) is 5.91 Å². The van der Waals surface area contributed by atoms with E-state index in [0.717, 1.165) is 0 Å². The number of rotatable bonds is 2. The van der Waals surface area contributed by atoms with Gasteiger partial charge in [0, 0.05) is 12.6 Å². The Bertz CT molecular complexity index is 355. The summed E-state index contributed by atoms with van der Waals surface area (Å²) >= 11 is 5.73. The van der Waals surface area contributed by atoms with Crippen molar-refractivity contribution in [2.24, 2.45) is 0 Å². The number of halogens is 1. The van der Waals surface area contributed by atoms with Gasteiger partial charge in [-0.1, -0.05) is 5.16 Å². The van der Waals surface area contributed by atoms with Crippen LogP contribution in [0.4, 0.5) is 0 Å². The van der Waals surface area contributed by atoms with Gasteiger partial charge in [0.2, 0.25) is 0 Å². The second-order valence-electron chi connectivity index (χ2n) is 3.80. The minimum absolute atomic E-state index is 0.0312. The monoisotopic (exact) mass is 244 g/mol. The summed E-state index contributed by atoms with van der Waals surface area (Å²) in [5.74, 6) is 0.245. The van der Waals surface area contributed by atoms with Gasteiger partial charge in [0.15, 0.2) is 5.69 Å². The van der Waals surface area contributed by atoms with Crippen LogP contribution in [0.2, 0.25) is 0 Å². The molecule has 16 heavy (non-hydrogen) atoms. The third kappa shape index (κ3) is 2.20. The molecule has 1 aromatic rings. The van der Waals surface area contributed by atoms with E-state index in [9.17, 15) is 4.79 Å². The lowest BCUT2D eigenvalue weighted by atomic mass is 10.2. The summed E-state index contributed by atoms with van der Waals surface area (Å²) in [6.45, 7) is 2.93. The van der Waals surface area contributed by atoms with Crippen molar-refractivity contribution in [3.63, 3.8) is 0 Å². The molecule has 0 aliphatic carbocycles. The molecule has 1 aliphatic heterocycles. The van der Waals surface area contributed by atoms with Crippen LogP contribution in [0.15, 0.2) is 16.9 Å². The molecule has 6 heteroatoms. The number of ether oxygens (including phenoxy) is 1. The Morgan fingerprint density at radius 2 is 2.56 bits per heavy atom. The zero-order valence-electron chi connectivity index (χ0n) is 8.93. The van der Waals surface area contributed by atoms with E-state index >= 15 is 0 Å². The normalized spacial score (nSPS) is 25.8. The molecular weight excluding hydrogens is 232 g/mol. The molecule has 5 nitrogen and oxygen atoms in total. The van der Waals surface area contributed by atoms with Gasteiger partial charge in [-0.2, -0.15) is 0 Å². The summed E-state index contributed by atoms with van der Waals surface area (Å²) in [5, 5.41) is 3.64. The quantitative estimate of drug-likeness (QED) is 0.733.